The Kier molecular flexibility index (Phi) is 4.51. The van der Waals surface area contributed by atoms with Crippen LogP contribution in [0.2, 0.25) is 0 Å². The van der Waals surface area contributed by atoms with Crippen molar-refractivity contribution in [2.24, 2.45) is 5.92 Å². The van der Waals surface area contributed by atoms with Gasteiger partial charge in [0.25, 0.3) is 0 Å². The van der Waals surface area contributed by atoms with Crippen molar-refractivity contribution in [1.29, 1.82) is 0 Å². The number of rotatable bonds is 1. The van der Waals surface area contributed by atoms with Crippen LogP contribution in [0.1, 0.15) is 20.8 Å². The molecule has 0 fully saturated rings. The zero-order valence-corrected chi connectivity index (χ0v) is 7.31. The molecule has 0 saturated carbocycles. The number of halogens is 1. The minimum atomic E-state index is -0.541. The van der Waals surface area contributed by atoms with E-state index >= 15 is 0 Å². The van der Waals surface area contributed by atoms with Crippen molar-refractivity contribution in [2.75, 3.05) is 0 Å². The lowest BCUT2D eigenvalue weighted by Gasteiger charge is -2.05. The summed E-state index contributed by atoms with van der Waals surface area (Å²) < 4.78 is 0. The Labute approximate surface area is 67.4 Å². The monoisotopic (exact) mass is 160 g/mol. The Morgan fingerprint density at radius 1 is 1.20 bits per heavy atom. The minimum absolute atomic E-state index is 0.173. The number of hydrogen-bond acceptors (Lipinski definition) is 1. The first kappa shape index (κ1) is 9.81. The molecule has 0 heterocycles. The third kappa shape index (κ3) is 4.67. The van der Waals surface area contributed by atoms with E-state index in [4.69, 9.17) is 16.7 Å². The Hall–Kier alpha value is -0.190. The standard InChI is InChI=1S/C8H13ClO/c1-6(2)8(10)5-4-7(3)9/h6-8,10H,1-3H3. The average Bonchev–Trinajstić information content (AvgIpc) is 1.82. The summed E-state index contributed by atoms with van der Waals surface area (Å²) in [6.45, 7) is 5.61. The molecule has 0 aliphatic rings. The highest BCUT2D eigenvalue weighted by atomic mass is 35.5. The van der Waals surface area contributed by atoms with Gasteiger partial charge in [-0.1, -0.05) is 25.7 Å². The third-order valence-electron chi connectivity index (χ3n) is 1.06. The molecule has 0 aliphatic carbocycles. The molecule has 0 radical (unpaired) electrons. The first-order valence-electron chi connectivity index (χ1n) is 3.37. The van der Waals surface area contributed by atoms with Gasteiger partial charge in [-0.05, 0) is 12.8 Å². The van der Waals surface area contributed by atoms with E-state index in [0.717, 1.165) is 0 Å². The summed E-state index contributed by atoms with van der Waals surface area (Å²) in [4.78, 5) is 0. The molecule has 0 rings (SSSR count). The van der Waals surface area contributed by atoms with Crippen molar-refractivity contribution in [1.82, 2.24) is 0 Å². The first-order valence-corrected chi connectivity index (χ1v) is 3.81. The van der Waals surface area contributed by atoms with Crippen LogP contribution in [-0.4, -0.2) is 16.6 Å². The molecule has 2 heteroatoms. The van der Waals surface area contributed by atoms with E-state index < -0.39 is 6.10 Å². The van der Waals surface area contributed by atoms with Gasteiger partial charge in [0.15, 0.2) is 0 Å². The fourth-order valence-corrected chi connectivity index (χ4v) is 0.430. The predicted molar refractivity (Wildman–Crippen MR) is 43.9 cm³/mol. The van der Waals surface area contributed by atoms with Gasteiger partial charge in [-0.15, -0.1) is 11.6 Å². The van der Waals surface area contributed by atoms with Crippen LogP contribution in [0.5, 0.6) is 0 Å². The first-order chi connectivity index (χ1) is 4.54. The van der Waals surface area contributed by atoms with Gasteiger partial charge in [-0.25, -0.2) is 0 Å². The Bertz CT molecular complexity index is 141. The summed E-state index contributed by atoms with van der Waals surface area (Å²) >= 11 is 5.54. The normalized spacial score (nSPS) is 15.8. The smallest absolute Gasteiger partial charge is 0.117 e. The molecule has 0 aliphatic heterocycles. The van der Waals surface area contributed by atoms with E-state index in [0.29, 0.717) is 0 Å². The molecule has 0 aromatic heterocycles. The predicted octanol–water partition coefficient (Wildman–Crippen LogP) is 1.63. The molecule has 0 spiro atoms. The van der Waals surface area contributed by atoms with E-state index in [2.05, 4.69) is 11.8 Å². The van der Waals surface area contributed by atoms with Crippen molar-refractivity contribution in [2.45, 2.75) is 32.3 Å². The molecule has 1 nitrogen and oxygen atoms in total. The molecular weight excluding hydrogens is 148 g/mol. The zero-order chi connectivity index (χ0) is 8.15. The summed E-state index contributed by atoms with van der Waals surface area (Å²) in [6.07, 6.45) is -0.541. The lowest BCUT2D eigenvalue weighted by molar-refractivity contribution is 0.181. The highest BCUT2D eigenvalue weighted by Crippen LogP contribution is 1.99. The highest BCUT2D eigenvalue weighted by Gasteiger charge is 2.03. The fourth-order valence-electron chi connectivity index (χ4n) is 0.367. The lowest BCUT2D eigenvalue weighted by atomic mass is 10.1. The van der Waals surface area contributed by atoms with Crippen LogP contribution in [0.25, 0.3) is 0 Å². The third-order valence-corrected chi connectivity index (χ3v) is 1.17. The van der Waals surface area contributed by atoms with Gasteiger partial charge in [-0.3, -0.25) is 0 Å². The van der Waals surface area contributed by atoms with E-state index in [1.54, 1.807) is 6.92 Å². The second kappa shape index (κ2) is 4.60. The molecular formula is C8H13ClO. The maximum atomic E-state index is 9.14. The maximum absolute atomic E-state index is 9.14. The van der Waals surface area contributed by atoms with Crippen LogP contribution in [0.15, 0.2) is 0 Å². The van der Waals surface area contributed by atoms with Gasteiger partial charge in [-0.2, -0.15) is 0 Å². The quantitative estimate of drug-likeness (QED) is 0.457. The fraction of sp³-hybridized carbons (Fsp3) is 0.750. The zero-order valence-electron chi connectivity index (χ0n) is 6.56. The summed E-state index contributed by atoms with van der Waals surface area (Å²) in [5.74, 6) is 5.53. The van der Waals surface area contributed by atoms with E-state index in [1.165, 1.54) is 0 Å². The summed E-state index contributed by atoms with van der Waals surface area (Å²) in [7, 11) is 0. The number of alkyl halides is 1. The van der Waals surface area contributed by atoms with Gasteiger partial charge in [0.05, 0.1) is 5.38 Å². The van der Waals surface area contributed by atoms with E-state index in [9.17, 15) is 0 Å². The highest BCUT2D eigenvalue weighted by molar-refractivity contribution is 6.22. The van der Waals surface area contributed by atoms with Crippen LogP contribution in [-0.2, 0) is 0 Å². The van der Waals surface area contributed by atoms with Gasteiger partial charge < -0.3 is 5.11 Å². The van der Waals surface area contributed by atoms with Crippen LogP contribution in [0.4, 0.5) is 0 Å². The Morgan fingerprint density at radius 3 is 2.00 bits per heavy atom. The molecule has 0 aromatic rings. The van der Waals surface area contributed by atoms with Crippen molar-refractivity contribution in [3.05, 3.63) is 0 Å². The van der Waals surface area contributed by atoms with E-state index in [-0.39, 0.29) is 11.3 Å². The lowest BCUT2D eigenvalue weighted by Crippen LogP contribution is -2.11. The molecule has 0 aromatic carbocycles. The van der Waals surface area contributed by atoms with Gasteiger partial charge >= 0.3 is 0 Å². The summed E-state index contributed by atoms with van der Waals surface area (Å²) in [5, 5.41) is 8.97. The average molecular weight is 161 g/mol. The van der Waals surface area contributed by atoms with Crippen LogP contribution in [0, 0.1) is 17.8 Å². The van der Waals surface area contributed by atoms with Crippen LogP contribution < -0.4 is 0 Å². The van der Waals surface area contributed by atoms with Crippen molar-refractivity contribution in [3.63, 3.8) is 0 Å². The second-order valence-corrected chi connectivity index (χ2v) is 3.25. The molecule has 58 valence electrons. The van der Waals surface area contributed by atoms with Crippen LogP contribution in [0.3, 0.4) is 0 Å². The molecule has 1 N–H and O–H groups in total. The molecule has 0 bridgehead atoms. The largest absolute Gasteiger partial charge is 0.380 e. The molecule has 0 saturated heterocycles. The minimum Gasteiger partial charge on any atom is -0.380 e. The van der Waals surface area contributed by atoms with Gasteiger partial charge in [0, 0.05) is 0 Å². The molecule has 10 heavy (non-hydrogen) atoms. The summed E-state index contributed by atoms with van der Waals surface area (Å²) in [6, 6.07) is 0. The maximum Gasteiger partial charge on any atom is 0.117 e. The number of aliphatic hydroxyl groups excluding tert-OH is 1. The second-order valence-electron chi connectivity index (χ2n) is 2.59. The van der Waals surface area contributed by atoms with Crippen molar-refractivity contribution >= 4 is 11.6 Å². The summed E-state index contributed by atoms with van der Waals surface area (Å²) in [5.41, 5.74) is 0. The molecule has 2 atom stereocenters. The van der Waals surface area contributed by atoms with E-state index in [1.807, 2.05) is 13.8 Å². The molecule has 0 amide bonds. The van der Waals surface area contributed by atoms with Crippen LogP contribution >= 0.6 is 11.6 Å². The Balaban J connectivity index is 3.80. The van der Waals surface area contributed by atoms with Gasteiger partial charge in [0.2, 0.25) is 0 Å². The van der Waals surface area contributed by atoms with Crippen molar-refractivity contribution in [3.8, 4) is 11.8 Å². The van der Waals surface area contributed by atoms with Gasteiger partial charge in [0.1, 0.15) is 6.10 Å². The number of aliphatic hydroxyl groups is 1. The van der Waals surface area contributed by atoms with Crippen molar-refractivity contribution < 1.29 is 5.11 Å². The SMILES string of the molecule is CC(Cl)C#CC(O)C(C)C. The molecule has 2 unspecified atom stereocenters. The Morgan fingerprint density at radius 2 is 1.70 bits per heavy atom. The topological polar surface area (TPSA) is 20.2 Å². The number of hydrogen-bond donors (Lipinski definition) is 1.